The van der Waals surface area contributed by atoms with Crippen LogP contribution in [0.1, 0.15) is 5.56 Å². The zero-order valence-corrected chi connectivity index (χ0v) is 6.93. The Balaban J connectivity index is 2.92. The topological polar surface area (TPSA) is 79.5 Å². The van der Waals surface area contributed by atoms with Crippen LogP contribution >= 0.6 is 0 Å². The van der Waals surface area contributed by atoms with Crippen LogP contribution in [0.4, 0.5) is 4.79 Å². The molecule has 1 aromatic carbocycles. The predicted molar refractivity (Wildman–Crippen MR) is 45.3 cm³/mol. The van der Waals surface area contributed by atoms with Gasteiger partial charge in [-0.3, -0.25) is 0 Å². The molecule has 0 atom stereocenters. The average Bonchev–Trinajstić information content (AvgIpc) is 2.19. The molecule has 0 saturated heterocycles. The highest BCUT2D eigenvalue weighted by molar-refractivity contribution is 5.77. The number of isocyanates is 1. The molecule has 0 aromatic heterocycles. The first kappa shape index (κ1) is 9.65. The van der Waals surface area contributed by atoms with Gasteiger partial charge in [-0.2, -0.15) is 5.26 Å². The van der Waals surface area contributed by atoms with Crippen LogP contribution in [0.2, 0.25) is 0 Å². The number of amides is 1. The number of nitriles is 1. The van der Waals surface area contributed by atoms with Gasteiger partial charge in [-0.05, 0) is 12.1 Å². The van der Waals surface area contributed by atoms with E-state index in [1.54, 1.807) is 12.1 Å². The van der Waals surface area contributed by atoms with E-state index in [0.717, 1.165) is 6.08 Å². The van der Waals surface area contributed by atoms with Crippen molar-refractivity contribution in [2.75, 3.05) is 0 Å². The summed E-state index contributed by atoms with van der Waals surface area (Å²) in [6, 6.07) is 7.95. The summed E-state index contributed by atoms with van der Waals surface area (Å²) in [5.74, 6) is 0.0685. The molecule has 0 spiro atoms. The number of hydrogen-bond acceptors (Lipinski definition) is 4. The van der Waals surface area contributed by atoms with Crippen LogP contribution in [0.5, 0.6) is 5.75 Å². The van der Waals surface area contributed by atoms with Gasteiger partial charge in [0, 0.05) is 0 Å². The zero-order chi connectivity index (χ0) is 10.4. The third-order valence-corrected chi connectivity index (χ3v) is 1.34. The predicted octanol–water partition coefficient (Wildman–Crippen LogP) is 1.39. The van der Waals surface area contributed by atoms with Crippen molar-refractivity contribution in [2.45, 2.75) is 0 Å². The zero-order valence-electron chi connectivity index (χ0n) is 6.93. The van der Waals surface area contributed by atoms with Crippen LogP contribution in [0, 0.1) is 11.3 Å². The Morgan fingerprint density at radius 1 is 1.43 bits per heavy atom. The maximum atomic E-state index is 10.7. The second-order valence-corrected chi connectivity index (χ2v) is 2.18. The van der Waals surface area contributed by atoms with E-state index >= 15 is 0 Å². The summed E-state index contributed by atoms with van der Waals surface area (Å²) in [5, 5.41) is 8.61. The average molecular weight is 188 g/mol. The van der Waals surface area contributed by atoms with E-state index in [0.29, 0.717) is 0 Å². The summed E-state index contributed by atoms with van der Waals surface area (Å²) in [6.45, 7) is 0. The van der Waals surface area contributed by atoms with E-state index in [4.69, 9.17) is 5.26 Å². The molecule has 14 heavy (non-hydrogen) atoms. The van der Waals surface area contributed by atoms with E-state index in [1.165, 1.54) is 12.1 Å². The van der Waals surface area contributed by atoms with Gasteiger partial charge in [0.25, 0.3) is 0 Å². The normalized spacial score (nSPS) is 8.21. The van der Waals surface area contributed by atoms with Gasteiger partial charge in [0.05, 0.1) is 5.56 Å². The lowest BCUT2D eigenvalue weighted by Gasteiger charge is -2.00. The molecule has 0 unspecified atom stereocenters. The number of rotatable bonds is 1. The quantitative estimate of drug-likeness (QED) is 0.492. The van der Waals surface area contributed by atoms with Gasteiger partial charge in [0.2, 0.25) is 6.08 Å². The van der Waals surface area contributed by atoms with Crippen LogP contribution in [0.25, 0.3) is 0 Å². The smallest absolute Gasteiger partial charge is 0.407 e. The van der Waals surface area contributed by atoms with Crippen molar-refractivity contribution in [1.82, 2.24) is 0 Å². The first-order valence-corrected chi connectivity index (χ1v) is 3.56. The number of carbonyl (C=O) groups excluding carboxylic acids is 2. The molecule has 0 radical (unpaired) electrons. The monoisotopic (exact) mass is 188 g/mol. The fourth-order valence-electron chi connectivity index (χ4n) is 0.802. The molecule has 1 amide bonds. The SMILES string of the molecule is N#Cc1ccccc1OC(=O)N=C=O. The molecule has 0 fully saturated rings. The number of para-hydroxylation sites is 1. The summed E-state index contributed by atoms with van der Waals surface area (Å²) >= 11 is 0. The Kier molecular flexibility index (Phi) is 3.14. The van der Waals surface area contributed by atoms with Gasteiger partial charge < -0.3 is 4.74 Å². The highest BCUT2D eigenvalue weighted by Gasteiger charge is 2.06. The molecule has 0 saturated carbocycles. The second kappa shape index (κ2) is 4.55. The lowest BCUT2D eigenvalue weighted by Crippen LogP contribution is -2.02. The van der Waals surface area contributed by atoms with Crippen LogP contribution < -0.4 is 4.74 Å². The number of carbonyl (C=O) groups is 1. The highest BCUT2D eigenvalue weighted by atomic mass is 16.5. The van der Waals surface area contributed by atoms with Crippen LogP contribution in [0.15, 0.2) is 29.3 Å². The number of hydrogen-bond donors (Lipinski definition) is 0. The molecule has 68 valence electrons. The molecule has 0 heterocycles. The fourth-order valence-corrected chi connectivity index (χ4v) is 0.802. The Morgan fingerprint density at radius 2 is 2.14 bits per heavy atom. The van der Waals surface area contributed by atoms with Crippen molar-refractivity contribution in [3.05, 3.63) is 29.8 Å². The summed E-state index contributed by atoms with van der Waals surface area (Å²) in [4.78, 5) is 23.1. The minimum atomic E-state index is -1.09. The van der Waals surface area contributed by atoms with Crippen molar-refractivity contribution in [3.63, 3.8) is 0 Å². The molecule has 0 bridgehead atoms. The molecule has 0 aliphatic rings. The maximum absolute atomic E-state index is 10.7. The fraction of sp³-hybridized carbons (Fsp3) is 0. The minimum absolute atomic E-state index is 0.0685. The molecule has 1 rings (SSSR count). The Morgan fingerprint density at radius 3 is 2.79 bits per heavy atom. The molecule has 5 nitrogen and oxygen atoms in total. The van der Waals surface area contributed by atoms with Gasteiger partial charge in [-0.25, -0.2) is 9.59 Å². The highest BCUT2D eigenvalue weighted by Crippen LogP contribution is 2.16. The van der Waals surface area contributed by atoms with Gasteiger partial charge >= 0.3 is 6.09 Å². The van der Waals surface area contributed by atoms with Gasteiger partial charge in [-0.1, -0.05) is 17.1 Å². The first-order chi connectivity index (χ1) is 6.77. The molecular formula is C9H4N2O3. The van der Waals surface area contributed by atoms with Crippen LogP contribution in [-0.2, 0) is 4.79 Å². The van der Waals surface area contributed by atoms with Gasteiger partial charge in [-0.15, -0.1) is 0 Å². The van der Waals surface area contributed by atoms with Crippen molar-refractivity contribution < 1.29 is 14.3 Å². The van der Waals surface area contributed by atoms with E-state index in [2.05, 4.69) is 9.73 Å². The summed E-state index contributed by atoms with van der Waals surface area (Å²) in [6.07, 6.45) is -0.0520. The first-order valence-electron chi connectivity index (χ1n) is 3.56. The molecule has 0 N–H and O–H groups in total. The lowest BCUT2D eigenvalue weighted by molar-refractivity contribution is 0.211. The van der Waals surface area contributed by atoms with Crippen LogP contribution in [-0.4, -0.2) is 12.2 Å². The molecular weight excluding hydrogens is 184 g/mol. The molecule has 1 aromatic rings. The summed E-state index contributed by atoms with van der Waals surface area (Å²) < 4.78 is 4.59. The Hall–Kier alpha value is -2.44. The standard InChI is InChI=1S/C9H4N2O3/c10-5-7-3-1-2-4-8(7)14-9(13)11-6-12/h1-4H. The number of nitrogens with zero attached hydrogens (tertiary/aromatic N) is 2. The number of benzene rings is 1. The molecule has 0 aliphatic heterocycles. The summed E-state index contributed by atoms with van der Waals surface area (Å²) in [5.41, 5.74) is 0.196. The number of aliphatic imine (C=N–C) groups is 1. The third kappa shape index (κ3) is 2.27. The third-order valence-electron chi connectivity index (χ3n) is 1.34. The van der Waals surface area contributed by atoms with Crippen LogP contribution in [0.3, 0.4) is 0 Å². The van der Waals surface area contributed by atoms with Crippen molar-refractivity contribution >= 4 is 12.2 Å². The van der Waals surface area contributed by atoms with Crippen molar-refractivity contribution in [2.24, 2.45) is 4.99 Å². The maximum Gasteiger partial charge on any atom is 0.450 e. The Labute approximate surface area is 79.3 Å². The van der Waals surface area contributed by atoms with Gasteiger partial charge in [0.15, 0.2) is 5.75 Å². The van der Waals surface area contributed by atoms with E-state index in [9.17, 15) is 9.59 Å². The second-order valence-electron chi connectivity index (χ2n) is 2.18. The molecule has 5 heteroatoms. The van der Waals surface area contributed by atoms with Crippen molar-refractivity contribution in [1.29, 1.82) is 5.26 Å². The largest absolute Gasteiger partial charge is 0.450 e. The molecule has 0 aliphatic carbocycles. The van der Waals surface area contributed by atoms with E-state index in [1.807, 2.05) is 6.07 Å². The lowest BCUT2D eigenvalue weighted by atomic mass is 10.2. The van der Waals surface area contributed by atoms with Gasteiger partial charge in [0.1, 0.15) is 6.07 Å². The van der Waals surface area contributed by atoms with Crippen molar-refractivity contribution in [3.8, 4) is 11.8 Å². The summed E-state index contributed by atoms with van der Waals surface area (Å²) in [7, 11) is 0. The number of ether oxygens (including phenoxy) is 1. The Bertz CT molecular complexity index is 442. The minimum Gasteiger partial charge on any atom is -0.407 e. The van der Waals surface area contributed by atoms with E-state index < -0.39 is 6.09 Å². The van der Waals surface area contributed by atoms with E-state index in [-0.39, 0.29) is 11.3 Å².